The predicted molar refractivity (Wildman–Crippen MR) is 103 cm³/mol. The minimum Gasteiger partial charge on any atom is -0.394 e. The Balaban J connectivity index is 1.50. The highest BCUT2D eigenvalue weighted by atomic mass is 16.5. The first-order valence-electron chi connectivity index (χ1n) is 9.87. The first-order chi connectivity index (χ1) is 14.3. The van der Waals surface area contributed by atoms with Gasteiger partial charge in [-0.2, -0.15) is 0 Å². The number of allylic oxidation sites excluding steroid dienone is 1. The van der Waals surface area contributed by atoms with Crippen molar-refractivity contribution in [1.82, 2.24) is 15.0 Å². The van der Waals surface area contributed by atoms with E-state index in [2.05, 4.69) is 15.3 Å². The lowest BCUT2D eigenvalue weighted by molar-refractivity contribution is -0.227. The second kappa shape index (κ2) is 9.86. The van der Waals surface area contributed by atoms with Crippen molar-refractivity contribution < 1.29 is 34.7 Å². The highest BCUT2D eigenvalue weighted by molar-refractivity contribution is 6.04. The summed E-state index contributed by atoms with van der Waals surface area (Å²) < 4.78 is 12.4. The smallest absolute Gasteiger partial charge is 0.182 e. The first-order valence-corrected chi connectivity index (χ1v) is 9.87. The van der Waals surface area contributed by atoms with Crippen LogP contribution in [-0.2, 0) is 27.4 Å². The van der Waals surface area contributed by atoms with Crippen molar-refractivity contribution in [2.75, 3.05) is 6.61 Å². The molecule has 1 fully saturated rings. The zero-order valence-corrected chi connectivity index (χ0v) is 17.0. The topological polar surface area (TPSA) is 160 Å². The first kappa shape index (κ1) is 22.7. The van der Waals surface area contributed by atoms with Gasteiger partial charge in [-0.1, -0.05) is 5.21 Å². The molecule has 0 spiro atoms. The van der Waals surface area contributed by atoms with Crippen molar-refractivity contribution in [2.45, 2.75) is 76.5 Å². The van der Waals surface area contributed by atoms with Crippen LogP contribution in [0.3, 0.4) is 0 Å². The molecule has 1 aromatic heterocycles. The van der Waals surface area contributed by atoms with E-state index in [0.717, 1.165) is 0 Å². The fourth-order valence-electron chi connectivity index (χ4n) is 3.34. The van der Waals surface area contributed by atoms with Crippen LogP contribution in [0.2, 0.25) is 0 Å². The monoisotopic (exact) mass is 424 g/mol. The molecule has 0 amide bonds. The zero-order chi connectivity index (χ0) is 21.8. The Labute approximate surface area is 173 Å². The zero-order valence-electron chi connectivity index (χ0n) is 17.0. The number of carbonyl (C=O) groups excluding carboxylic acids is 1. The Kier molecular flexibility index (Phi) is 7.45. The van der Waals surface area contributed by atoms with Crippen LogP contribution in [-0.4, -0.2) is 90.1 Å². The summed E-state index contributed by atoms with van der Waals surface area (Å²) in [5.41, 5.74) is 1.73. The van der Waals surface area contributed by atoms with Gasteiger partial charge in [-0.3, -0.25) is 9.79 Å². The van der Waals surface area contributed by atoms with Gasteiger partial charge in [0.1, 0.15) is 36.7 Å². The molecule has 1 aromatic rings. The fourth-order valence-corrected chi connectivity index (χ4v) is 3.34. The Morgan fingerprint density at radius 1 is 1.27 bits per heavy atom. The molecule has 0 bridgehead atoms. The van der Waals surface area contributed by atoms with E-state index in [1.54, 1.807) is 6.20 Å². The summed E-state index contributed by atoms with van der Waals surface area (Å²) >= 11 is 0. The quantitative estimate of drug-likeness (QED) is 0.379. The van der Waals surface area contributed by atoms with E-state index in [-0.39, 0.29) is 31.3 Å². The average molecular weight is 424 g/mol. The van der Waals surface area contributed by atoms with Gasteiger partial charge in [-0.15, -0.1) is 5.10 Å². The van der Waals surface area contributed by atoms with E-state index in [9.17, 15) is 25.2 Å². The normalized spacial score (nSPS) is 29.2. The van der Waals surface area contributed by atoms with Crippen molar-refractivity contribution in [1.29, 1.82) is 0 Å². The molecule has 0 aliphatic carbocycles. The van der Waals surface area contributed by atoms with E-state index in [4.69, 9.17) is 9.47 Å². The summed E-state index contributed by atoms with van der Waals surface area (Å²) in [7, 11) is 0. The highest BCUT2D eigenvalue weighted by Crippen LogP contribution is 2.26. The maximum absolute atomic E-state index is 12.5. The van der Waals surface area contributed by atoms with Gasteiger partial charge in [0.05, 0.1) is 31.6 Å². The van der Waals surface area contributed by atoms with E-state index in [0.29, 0.717) is 23.6 Å². The molecular formula is C19H28N4O7. The van der Waals surface area contributed by atoms with Crippen LogP contribution in [0.25, 0.3) is 0 Å². The number of aromatic nitrogens is 3. The third-order valence-electron chi connectivity index (χ3n) is 5.04. The number of rotatable bonds is 9. The van der Waals surface area contributed by atoms with Crippen molar-refractivity contribution in [3.05, 3.63) is 23.7 Å². The minimum atomic E-state index is -1.43. The summed E-state index contributed by atoms with van der Waals surface area (Å²) in [4.78, 5) is 16.8. The van der Waals surface area contributed by atoms with Crippen LogP contribution < -0.4 is 0 Å². The van der Waals surface area contributed by atoms with E-state index >= 15 is 0 Å². The lowest BCUT2D eigenvalue weighted by atomic mass is 9.91. The number of ether oxygens (including phenoxy) is 2. The maximum Gasteiger partial charge on any atom is 0.182 e. The summed E-state index contributed by atoms with van der Waals surface area (Å²) in [6, 6.07) is 0. The molecule has 0 radical (unpaired) electrons. The summed E-state index contributed by atoms with van der Waals surface area (Å²) in [6.07, 6.45) is -2.33. The number of aliphatic hydroxyl groups excluding tert-OH is 4. The number of carbonyl (C=O) groups is 1. The molecule has 3 heterocycles. The van der Waals surface area contributed by atoms with Gasteiger partial charge in [0.15, 0.2) is 5.78 Å². The molecule has 5 atom stereocenters. The van der Waals surface area contributed by atoms with Gasteiger partial charge >= 0.3 is 0 Å². The van der Waals surface area contributed by atoms with Crippen LogP contribution >= 0.6 is 0 Å². The average Bonchev–Trinajstić information content (AvgIpc) is 3.36. The number of ketones is 1. The predicted octanol–water partition coefficient (Wildman–Crippen LogP) is -1.27. The molecule has 0 saturated carbocycles. The molecule has 5 unspecified atom stereocenters. The molecule has 11 heteroatoms. The lowest BCUT2D eigenvalue weighted by Crippen LogP contribution is -2.58. The number of nitrogens with zero attached hydrogens (tertiary/aromatic N) is 4. The molecule has 11 nitrogen and oxygen atoms in total. The fraction of sp³-hybridized carbons (Fsp3) is 0.684. The second-order valence-corrected chi connectivity index (χ2v) is 7.79. The number of aliphatic hydroxyl groups is 4. The molecule has 30 heavy (non-hydrogen) atoms. The van der Waals surface area contributed by atoms with Gasteiger partial charge in [0.2, 0.25) is 0 Å². The minimum absolute atomic E-state index is 0.0172. The molecule has 2 aliphatic rings. The summed E-state index contributed by atoms with van der Waals surface area (Å²) in [5.74, 6) is -0.163. The molecule has 166 valence electrons. The van der Waals surface area contributed by atoms with E-state index in [1.807, 2.05) is 13.8 Å². The molecule has 1 saturated heterocycles. The van der Waals surface area contributed by atoms with Crippen molar-refractivity contribution in [3.63, 3.8) is 0 Å². The van der Waals surface area contributed by atoms with Crippen molar-refractivity contribution >= 4 is 11.5 Å². The number of hydrogen-bond acceptors (Lipinski definition) is 10. The molecule has 0 aromatic carbocycles. The number of hydrogen-bond donors (Lipinski definition) is 4. The van der Waals surface area contributed by atoms with Crippen LogP contribution in [0.15, 0.2) is 23.0 Å². The standard InChI is InChI=1S/C19H28N4O7/c1-10(2)29-9-13-6-23(22-21-13)7-14(25)11-3-12(20-5-11)4-15-17(26)19(28)18(27)16(8-24)30-15/h5-6,10,15-19,24,26-28H,3-4,7-9H2,1-2H3. The van der Waals surface area contributed by atoms with Crippen molar-refractivity contribution in [2.24, 2.45) is 4.99 Å². The van der Waals surface area contributed by atoms with E-state index in [1.165, 1.54) is 10.9 Å². The molecule has 2 aliphatic heterocycles. The molecule has 3 rings (SSSR count). The van der Waals surface area contributed by atoms with Gasteiger partial charge in [-0.05, 0) is 13.8 Å². The highest BCUT2D eigenvalue weighted by Gasteiger charge is 2.43. The Bertz CT molecular complexity index is 805. The third-order valence-corrected chi connectivity index (χ3v) is 5.04. The lowest BCUT2D eigenvalue weighted by Gasteiger charge is -2.40. The largest absolute Gasteiger partial charge is 0.394 e. The van der Waals surface area contributed by atoms with Crippen LogP contribution in [0.5, 0.6) is 0 Å². The van der Waals surface area contributed by atoms with Gasteiger partial charge in [0.25, 0.3) is 0 Å². The molecular weight excluding hydrogens is 396 g/mol. The van der Waals surface area contributed by atoms with Crippen LogP contribution in [0.1, 0.15) is 32.4 Å². The Morgan fingerprint density at radius 3 is 2.70 bits per heavy atom. The Hall–Kier alpha value is -2.02. The summed E-state index contributed by atoms with van der Waals surface area (Å²) in [5, 5.41) is 47.1. The maximum atomic E-state index is 12.5. The van der Waals surface area contributed by atoms with Crippen LogP contribution in [0.4, 0.5) is 0 Å². The van der Waals surface area contributed by atoms with Gasteiger partial charge < -0.3 is 29.9 Å². The van der Waals surface area contributed by atoms with Crippen molar-refractivity contribution in [3.8, 4) is 0 Å². The van der Waals surface area contributed by atoms with Gasteiger partial charge in [-0.25, -0.2) is 4.68 Å². The second-order valence-electron chi connectivity index (χ2n) is 7.79. The third kappa shape index (κ3) is 5.36. The molecule has 4 N–H and O–H groups in total. The number of Topliss-reactive ketones (excluding diaryl/α,β-unsaturated/α-hetero) is 1. The SMILES string of the molecule is CC(C)OCc1cn(CC(=O)C2=CN=C(CC3OC(CO)C(O)C(O)C3O)C2)nn1. The van der Waals surface area contributed by atoms with Crippen LogP contribution in [0, 0.1) is 0 Å². The summed E-state index contributed by atoms with van der Waals surface area (Å²) in [6.45, 7) is 3.69. The number of aliphatic imine (C=N–C) groups is 1. The van der Waals surface area contributed by atoms with Gasteiger partial charge in [0, 0.05) is 30.3 Å². The Morgan fingerprint density at radius 2 is 2.00 bits per heavy atom. The van der Waals surface area contributed by atoms with E-state index < -0.39 is 37.1 Å².